The Hall–Kier alpha value is -2.88. The zero-order valence-corrected chi connectivity index (χ0v) is 14.2. The van der Waals surface area contributed by atoms with Gasteiger partial charge < -0.3 is 10.6 Å². The molecule has 2 aromatic rings. The number of allylic oxidation sites excluding steroid dienone is 1. The van der Waals surface area contributed by atoms with Crippen molar-refractivity contribution in [3.8, 4) is 0 Å². The highest BCUT2D eigenvalue weighted by atomic mass is 16.2. The lowest BCUT2D eigenvalue weighted by Crippen LogP contribution is -2.15. The summed E-state index contributed by atoms with van der Waals surface area (Å²) in [7, 11) is 0. The molecule has 0 saturated heterocycles. The van der Waals surface area contributed by atoms with Gasteiger partial charge in [-0.2, -0.15) is 0 Å². The quantitative estimate of drug-likeness (QED) is 0.801. The number of rotatable bonds is 5. The molecule has 0 atom stereocenters. The molecular weight excluding hydrogens is 300 g/mol. The van der Waals surface area contributed by atoms with Crippen LogP contribution in [0.25, 0.3) is 0 Å². The lowest BCUT2D eigenvalue weighted by Gasteiger charge is -2.11. The number of para-hydroxylation sites is 1. The van der Waals surface area contributed by atoms with E-state index in [2.05, 4.69) is 10.6 Å². The van der Waals surface area contributed by atoms with Crippen LogP contribution in [-0.2, 0) is 11.2 Å². The molecule has 0 bridgehead atoms. The zero-order chi connectivity index (χ0) is 17.5. The van der Waals surface area contributed by atoms with Crippen molar-refractivity contribution in [2.45, 2.75) is 27.2 Å². The molecular formula is C20H22N2O2. The molecule has 0 aromatic heterocycles. The summed E-state index contributed by atoms with van der Waals surface area (Å²) in [5.74, 6) is -0.374. The van der Waals surface area contributed by atoms with Crippen molar-refractivity contribution in [1.29, 1.82) is 0 Å². The predicted molar refractivity (Wildman–Crippen MR) is 98.3 cm³/mol. The predicted octanol–water partition coefficient (Wildman–Crippen LogP) is 4.41. The van der Waals surface area contributed by atoms with Gasteiger partial charge in [0.25, 0.3) is 11.8 Å². The minimum atomic E-state index is -0.199. The fourth-order valence-electron chi connectivity index (χ4n) is 2.24. The fraction of sp³-hybridized carbons (Fsp3) is 0.200. The third-order valence-electron chi connectivity index (χ3n) is 3.82. The Kier molecular flexibility index (Phi) is 5.90. The number of carbonyl (C=O) groups excluding carboxylic acids is 2. The SMILES string of the molecule is C/C=C(\C)C(=O)Nc1cccc(C(=O)Nc2ccccc2CC)c1. The highest BCUT2D eigenvalue weighted by molar-refractivity contribution is 6.07. The molecule has 124 valence electrons. The maximum atomic E-state index is 12.5. The van der Waals surface area contributed by atoms with E-state index in [-0.39, 0.29) is 11.8 Å². The van der Waals surface area contributed by atoms with Crippen LogP contribution in [0.1, 0.15) is 36.7 Å². The third kappa shape index (κ3) is 4.32. The molecule has 2 rings (SSSR count). The second-order valence-corrected chi connectivity index (χ2v) is 5.47. The Labute approximate surface area is 142 Å². The summed E-state index contributed by atoms with van der Waals surface area (Å²) in [5, 5.41) is 5.72. The summed E-state index contributed by atoms with van der Waals surface area (Å²) in [5.41, 5.74) is 3.61. The second kappa shape index (κ2) is 8.11. The number of hydrogen-bond acceptors (Lipinski definition) is 2. The van der Waals surface area contributed by atoms with Gasteiger partial charge in [-0.3, -0.25) is 9.59 Å². The van der Waals surface area contributed by atoms with E-state index in [1.54, 1.807) is 37.3 Å². The van der Waals surface area contributed by atoms with Crippen molar-refractivity contribution >= 4 is 23.2 Å². The Balaban J connectivity index is 2.16. The van der Waals surface area contributed by atoms with Crippen molar-refractivity contribution in [2.24, 2.45) is 0 Å². The Bertz CT molecular complexity index is 779. The normalized spacial score (nSPS) is 11.0. The van der Waals surface area contributed by atoms with E-state index in [0.717, 1.165) is 17.7 Å². The van der Waals surface area contributed by atoms with E-state index >= 15 is 0 Å². The molecule has 4 heteroatoms. The maximum Gasteiger partial charge on any atom is 0.255 e. The molecule has 0 aliphatic rings. The van der Waals surface area contributed by atoms with Crippen molar-refractivity contribution in [2.75, 3.05) is 10.6 Å². The second-order valence-electron chi connectivity index (χ2n) is 5.47. The molecule has 0 aliphatic carbocycles. The van der Waals surface area contributed by atoms with Crippen molar-refractivity contribution in [1.82, 2.24) is 0 Å². The Morgan fingerprint density at radius 3 is 2.50 bits per heavy atom. The van der Waals surface area contributed by atoms with Gasteiger partial charge in [-0.25, -0.2) is 0 Å². The topological polar surface area (TPSA) is 58.2 Å². The maximum absolute atomic E-state index is 12.5. The van der Waals surface area contributed by atoms with E-state index < -0.39 is 0 Å². The van der Waals surface area contributed by atoms with Gasteiger partial charge in [0.05, 0.1) is 0 Å². The summed E-state index contributed by atoms with van der Waals surface area (Å²) in [4.78, 5) is 24.4. The minimum absolute atomic E-state index is 0.175. The molecule has 0 aliphatic heterocycles. The van der Waals surface area contributed by atoms with Gasteiger partial charge in [-0.1, -0.05) is 37.3 Å². The molecule has 4 nitrogen and oxygen atoms in total. The molecule has 0 saturated carbocycles. The average Bonchev–Trinajstić information content (AvgIpc) is 2.61. The van der Waals surface area contributed by atoms with Gasteiger partial charge in [0.15, 0.2) is 0 Å². The highest BCUT2D eigenvalue weighted by Gasteiger charge is 2.10. The first-order valence-corrected chi connectivity index (χ1v) is 7.98. The van der Waals surface area contributed by atoms with Gasteiger partial charge in [0.1, 0.15) is 0 Å². The van der Waals surface area contributed by atoms with E-state index in [1.807, 2.05) is 38.1 Å². The van der Waals surface area contributed by atoms with Crippen LogP contribution < -0.4 is 10.6 Å². The number of aryl methyl sites for hydroxylation is 1. The largest absolute Gasteiger partial charge is 0.322 e. The molecule has 2 aromatic carbocycles. The number of amides is 2. The summed E-state index contributed by atoms with van der Waals surface area (Å²) in [6.07, 6.45) is 2.59. The average molecular weight is 322 g/mol. The summed E-state index contributed by atoms with van der Waals surface area (Å²) < 4.78 is 0. The van der Waals surface area contributed by atoms with Crippen LogP contribution in [-0.4, -0.2) is 11.8 Å². The van der Waals surface area contributed by atoms with Crippen LogP contribution in [0.5, 0.6) is 0 Å². The van der Waals surface area contributed by atoms with Gasteiger partial charge in [-0.15, -0.1) is 0 Å². The summed E-state index contributed by atoms with van der Waals surface area (Å²) >= 11 is 0. The van der Waals surface area contributed by atoms with Gasteiger partial charge in [0.2, 0.25) is 0 Å². The van der Waals surface area contributed by atoms with Crippen LogP contribution in [0.15, 0.2) is 60.2 Å². The fourth-order valence-corrected chi connectivity index (χ4v) is 2.24. The lowest BCUT2D eigenvalue weighted by atomic mass is 10.1. The zero-order valence-electron chi connectivity index (χ0n) is 14.2. The minimum Gasteiger partial charge on any atom is -0.322 e. The Morgan fingerprint density at radius 2 is 1.79 bits per heavy atom. The first kappa shape index (κ1) is 17.5. The lowest BCUT2D eigenvalue weighted by molar-refractivity contribution is -0.112. The highest BCUT2D eigenvalue weighted by Crippen LogP contribution is 2.18. The molecule has 0 radical (unpaired) electrons. The van der Waals surface area contributed by atoms with Crippen LogP contribution in [0.4, 0.5) is 11.4 Å². The van der Waals surface area contributed by atoms with E-state index in [0.29, 0.717) is 16.8 Å². The van der Waals surface area contributed by atoms with Crippen molar-refractivity contribution in [3.63, 3.8) is 0 Å². The van der Waals surface area contributed by atoms with Gasteiger partial charge >= 0.3 is 0 Å². The molecule has 2 N–H and O–H groups in total. The van der Waals surface area contributed by atoms with Crippen molar-refractivity contribution in [3.05, 3.63) is 71.3 Å². The van der Waals surface area contributed by atoms with Crippen LogP contribution >= 0.6 is 0 Å². The number of benzene rings is 2. The number of carbonyl (C=O) groups is 2. The van der Waals surface area contributed by atoms with E-state index in [9.17, 15) is 9.59 Å². The molecule has 0 fully saturated rings. The Morgan fingerprint density at radius 1 is 1.04 bits per heavy atom. The molecule has 0 heterocycles. The molecule has 0 unspecified atom stereocenters. The van der Waals surface area contributed by atoms with Crippen molar-refractivity contribution < 1.29 is 9.59 Å². The van der Waals surface area contributed by atoms with Gasteiger partial charge in [0, 0.05) is 22.5 Å². The number of hydrogen-bond donors (Lipinski definition) is 2. The number of anilines is 2. The van der Waals surface area contributed by atoms with Crippen LogP contribution in [0.3, 0.4) is 0 Å². The van der Waals surface area contributed by atoms with Crippen LogP contribution in [0, 0.1) is 0 Å². The molecule has 24 heavy (non-hydrogen) atoms. The summed E-state index contributed by atoms with van der Waals surface area (Å²) in [6, 6.07) is 14.6. The molecule has 0 spiro atoms. The van der Waals surface area contributed by atoms with Gasteiger partial charge in [-0.05, 0) is 50.1 Å². The monoisotopic (exact) mass is 322 g/mol. The smallest absolute Gasteiger partial charge is 0.255 e. The standard InChI is InChI=1S/C20H22N2O2/c1-4-14(3)19(23)21-17-11-8-10-16(13-17)20(24)22-18-12-7-6-9-15(18)5-2/h4,6-13H,5H2,1-3H3,(H,21,23)(H,22,24)/b14-4+. The van der Waals surface area contributed by atoms with E-state index in [1.165, 1.54) is 0 Å². The molecule has 2 amide bonds. The first-order valence-electron chi connectivity index (χ1n) is 7.98. The van der Waals surface area contributed by atoms with E-state index in [4.69, 9.17) is 0 Å². The number of nitrogens with one attached hydrogen (secondary N) is 2. The third-order valence-corrected chi connectivity index (χ3v) is 3.82. The van der Waals surface area contributed by atoms with Crippen LogP contribution in [0.2, 0.25) is 0 Å². The first-order chi connectivity index (χ1) is 11.5. The summed E-state index contributed by atoms with van der Waals surface area (Å²) in [6.45, 7) is 5.60.